The van der Waals surface area contributed by atoms with E-state index in [2.05, 4.69) is 31.2 Å². The number of allylic oxidation sites excluding steroid dienone is 6. The molecule has 18 heavy (non-hydrogen) atoms. The summed E-state index contributed by atoms with van der Waals surface area (Å²) < 4.78 is 0. The van der Waals surface area contributed by atoms with Gasteiger partial charge in [-0.2, -0.15) is 0 Å². The molecule has 0 saturated carbocycles. The van der Waals surface area contributed by atoms with E-state index in [-0.39, 0.29) is 6.42 Å². The Morgan fingerprint density at radius 3 is 2.00 bits per heavy atom. The van der Waals surface area contributed by atoms with Gasteiger partial charge in [0.2, 0.25) is 0 Å². The molecule has 102 valence electrons. The van der Waals surface area contributed by atoms with Crippen LogP contribution in [0.5, 0.6) is 0 Å². The number of unbranched alkanes of at least 4 members (excludes halogenated alkanes) is 3. The molecule has 1 N–H and O–H groups in total. The van der Waals surface area contributed by atoms with Crippen molar-refractivity contribution in [2.45, 2.75) is 58.3 Å². The third kappa shape index (κ3) is 14.7. The van der Waals surface area contributed by atoms with E-state index in [4.69, 9.17) is 5.11 Å². The highest BCUT2D eigenvalue weighted by Gasteiger charge is 1.90. The van der Waals surface area contributed by atoms with Crippen LogP contribution in [0.25, 0.3) is 0 Å². The highest BCUT2D eigenvalue weighted by Crippen LogP contribution is 2.00. The molecule has 0 aliphatic rings. The second-order valence-electron chi connectivity index (χ2n) is 4.31. The molecule has 2 heteroatoms. The summed E-state index contributed by atoms with van der Waals surface area (Å²) in [6.07, 6.45) is 20.5. The predicted octanol–water partition coefficient (Wildman–Crippen LogP) is 4.88. The molecule has 0 aromatic heterocycles. The SMILES string of the molecule is CCCCC/C=C/C/C=C/C/C=C/CC[14C](=O)O. The summed E-state index contributed by atoms with van der Waals surface area (Å²) >= 11 is 0. The van der Waals surface area contributed by atoms with Crippen LogP contribution in [0.15, 0.2) is 36.5 Å². The van der Waals surface area contributed by atoms with Crippen LogP contribution < -0.4 is 0 Å². The van der Waals surface area contributed by atoms with E-state index >= 15 is 0 Å². The molecule has 0 rings (SSSR count). The van der Waals surface area contributed by atoms with Gasteiger partial charge in [-0.1, -0.05) is 56.2 Å². The minimum atomic E-state index is -0.733. The van der Waals surface area contributed by atoms with Crippen LogP contribution in [0.2, 0.25) is 0 Å². The molecule has 0 fully saturated rings. The van der Waals surface area contributed by atoms with Crippen molar-refractivity contribution < 1.29 is 9.90 Å². The summed E-state index contributed by atoms with van der Waals surface area (Å²) in [5.41, 5.74) is 0. The Bertz CT molecular complexity index is 275. The van der Waals surface area contributed by atoms with Gasteiger partial charge >= 0.3 is 5.97 Å². The number of hydrogen-bond acceptors (Lipinski definition) is 1. The van der Waals surface area contributed by atoms with E-state index in [9.17, 15) is 4.79 Å². The van der Waals surface area contributed by atoms with E-state index in [1.54, 1.807) is 0 Å². The van der Waals surface area contributed by atoms with Crippen molar-refractivity contribution in [2.75, 3.05) is 0 Å². The predicted molar refractivity (Wildman–Crippen MR) is 77.7 cm³/mol. The summed E-state index contributed by atoms with van der Waals surface area (Å²) in [6, 6.07) is 0. The first kappa shape index (κ1) is 16.7. The molecular weight excluding hydrogens is 226 g/mol. The van der Waals surface area contributed by atoms with Crippen molar-refractivity contribution in [3.8, 4) is 0 Å². The van der Waals surface area contributed by atoms with Crippen LogP contribution >= 0.6 is 0 Å². The molecular formula is C16H26O2. The Hall–Kier alpha value is -1.31. The third-order valence-electron chi connectivity index (χ3n) is 2.54. The lowest BCUT2D eigenvalue weighted by Gasteiger charge is -1.90. The Balaban J connectivity index is 3.34. The van der Waals surface area contributed by atoms with E-state index < -0.39 is 5.97 Å². The number of carboxylic acids is 1. The van der Waals surface area contributed by atoms with Gasteiger partial charge in [-0.25, -0.2) is 0 Å². The maximum absolute atomic E-state index is 10.2. The third-order valence-corrected chi connectivity index (χ3v) is 2.54. The van der Waals surface area contributed by atoms with Crippen LogP contribution in [0, 0.1) is 0 Å². The first-order chi connectivity index (χ1) is 8.77. The van der Waals surface area contributed by atoms with Crippen LogP contribution in [-0.4, -0.2) is 11.1 Å². The van der Waals surface area contributed by atoms with Crippen molar-refractivity contribution in [3.05, 3.63) is 36.5 Å². The van der Waals surface area contributed by atoms with Crippen LogP contribution in [0.3, 0.4) is 0 Å². The van der Waals surface area contributed by atoms with Gasteiger partial charge in [0.15, 0.2) is 0 Å². The van der Waals surface area contributed by atoms with Gasteiger partial charge in [0.1, 0.15) is 0 Å². The van der Waals surface area contributed by atoms with E-state index in [1.165, 1.54) is 25.7 Å². The molecule has 0 heterocycles. The molecule has 0 aliphatic carbocycles. The Labute approximate surface area is 111 Å². The lowest BCUT2D eigenvalue weighted by Crippen LogP contribution is -1.91. The first-order valence-electron chi connectivity index (χ1n) is 6.94. The van der Waals surface area contributed by atoms with Crippen molar-refractivity contribution in [2.24, 2.45) is 0 Å². The fourth-order valence-electron chi connectivity index (χ4n) is 1.50. The molecule has 0 unspecified atom stereocenters. The first-order valence-corrected chi connectivity index (χ1v) is 6.94. The molecule has 0 aromatic rings. The summed E-state index contributed by atoms with van der Waals surface area (Å²) in [5.74, 6) is -0.733. The molecule has 0 bridgehead atoms. The van der Waals surface area contributed by atoms with E-state index in [0.717, 1.165) is 12.8 Å². The van der Waals surface area contributed by atoms with Gasteiger partial charge in [-0.15, -0.1) is 0 Å². The highest BCUT2D eigenvalue weighted by molar-refractivity contribution is 5.66. The second-order valence-corrected chi connectivity index (χ2v) is 4.31. The Kier molecular flexibility index (Phi) is 12.8. The molecule has 0 spiro atoms. The maximum atomic E-state index is 10.2. The number of aliphatic carboxylic acids is 1. The molecule has 0 aliphatic heterocycles. The fourth-order valence-corrected chi connectivity index (χ4v) is 1.50. The van der Waals surface area contributed by atoms with Crippen LogP contribution in [0.1, 0.15) is 58.3 Å². The van der Waals surface area contributed by atoms with Gasteiger partial charge < -0.3 is 5.11 Å². The van der Waals surface area contributed by atoms with E-state index in [0.29, 0.717) is 6.42 Å². The summed E-state index contributed by atoms with van der Waals surface area (Å²) in [6.45, 7) is 2.22. The normalized spacial score (nSPS) is 12.1. The topological polar surface area (TPSA) is 37.3 Å². The number of carbonyl (C=O) groups is 1. The minimum Gasteiger partial charge on any atom is -0.481 e. The molecule has 0 atom stereocenters. The minimum absolute atomic E-state index is 0.223. The summed E-state index contributed by atoms with van der Waals surface area (Å²) in [7, 11) is 0. The molecule has 0 amide bonds. The zero-order valence-electron chi connectivity index (χ0n) is 11.5. The van der Waals surface area contributed by atoms with Crippen molar-refractivity contribution >= 4 is 5.97 Å². The van der Waals surface area contributed by atoms with Crippen molar-refractivity contribution in [3.63, 3.8) is 0 Å². The van der Waals surface area contributed by atoms with Gasteiger partial charge in [-0.3, -0.25) is 4.79 Å². The maximum Gasteiger partial charge on any atom is 0.303 e. The highest BCUT2D eigenvalue weighted by atomic mass is 16.6. The van der Waals surface area contributed by atoms with Gasteiger partial charge in [0.05, 0.1) is 0 Å². The number of hydrogen-bond donors (Lipinski definition) is 1. The molecule has 0 radical (unpaired) electrons. The van der Waals surface area contributed by atoms with Crippen molar-refractivity contribution in [1.29, 1.82) is 0 Å². The smallest absolute Gasteiger partial charge is 0.303 e. The zero-order chi connectivity index (χ0) is 13.5. The Morgan fingerprint density at radius 1 is 0.889 bits per heavy atom. The molecule has 2 nitrogen and oxygen atoms in total. The number of rotatable bonds is 11. The van der Waals surface area contributed by atoms with Crippen molar-refractivity contribution in [1.82, 2.24) is 0 Å². The zero-order valence-corrected chi connectivity index (χ0v) is 11.5. The Morgan fingerprint density at radius 2 is 1.44 bits per heavy atom. The summed E-state index contributed by atoms with van der Waals surface area (Å²) in [5, 5.41) is 8.44. The van der Waals surface area contributed by atoms with Gasteiger partial charge in [-0.05, 0) is 32.1 Å². The van der Waals surface area contributed by atoms with Gasteiger partial charge in [0.25, 0.3) is 0 Å². The second kappa shape index (κ2) is 13.8. The average Bonchev–Trinajstić information content (AvgIpc) is 2.34. The fraction of sp³-hybridized carbons (Fsp3) is 0.562. The number of carboxylic acid groups (broad SMARTS) is 1. The average molecular weight is 252 g/mol. The quantitative estimate of drug-likeness (QED) is 0.420. The molecule has 0 aromatic carbocycles. The lowest BCUT2D eigenvalue weighted by atomic mass is 10.2. The largest absolute Gasteiger partial charge is 0.481 e. The summed E-state index contributed by atoms with van der Waals surface area (Å²) in [4.78, 5) is 10.2. The van der Waals surface area contributed by atoms with Crippen LogP contribution in [0.4, 0.5) is 0 Å². The monoisotopic (exact) mass is 252 g/mol. The van der Waals surface area contributed by atoms with Crippen LogP contribution in [-0.2, 0) is 4.79 Å². The van der Waals surface area contributed by atoms with Gasteiger partial charge in [0, 0.05) is 6.42 Å². The van der Waals surface area contributed by atoms with E-state index in [1.807, 2.05) is 12.2 Å². The molecule has 0 saturated heterocycles. The lowest BCUT2D eigenvalue weighted by molar-refractivity contribution is -0.136. The standard InChI is InChI=1S/C16H26O2/c1-2-3-4-5-6-7-8-9-10-11-12-13-14-15-16(17)18/h6-7,9-10,12-13H,2-5,8,11,14-15H2,1H3,(H,17,18)/b7-6+,10-9+,13-12+/i16+2.